The number of aromatic nitrogens is 3. The minimum Gasteiger partial charge on any atom is -0.440 e. The number of amides is 1. The molecule has 1 fully saturated rings. The summed E-state index contributed by atoms with van der Waals surface area (Å²) in [5.74, 6) is -1.26. The molecule has 2 aromatic heterocycles. The maximum absolute atomic E-state index is 13.9. The fourth-order valence-electron chi connectivity index (χ4n) is 4.60. The number of benzene rings is 2. The Labute approximate surface area is 194 Å². The average molecular weight is 473 g/mol. The molecular formula is C24H23ClF2N4O2. The molecule has 1 aliphatic heterocycles. The van der Waals surface area contributed by atoms with E-state index in [2.05, 4.69) is 9.97 Å². The number of carbonyl (C=O) groups excluding carboxylic acids is 1. The lowest BCUT2D eigenvalue weighted by Gasteiger charge is -2.35. The monoisotopic (exact) mass is 472 g/mol. The number of carbonyl (C=O) groups is 1. The van der Waals surface area contributed by atoms with Crippen LogP contribution in [0.2, 0.25) is 5.02 Å². The number of rotatable bonds is 4. The van der Waals surface area contributed by atoms with Crippen LogP contribution in [-0.4, -0.2) is 38.4 Å². The smallest absolute Gasteiger partial charge is 0.245 e. The van der Waals surface area contributed by atoms with Crippen molar-refractivity contribution in [2.24, 2.45) is 5.92 Å². The SMILES string of the molecule is CC(C)C(C(=O)N1CCC(c2nc3cc(Cl)ccc3o2)CC1)n1cnc2cc(F)c(F)cc21. The molecule has 172 valence electrons. The number of likely N-dealkylation sites (tertiary alicyclic amines) is 1. The van der Waals surface area contributed by atoms with Crippen LogP contribution < -0.4 is 0 Å². The molecule has 0 saturated carbocycles. The molecule has 5 rings (SSSR count). The Hall–Kier alpha value is -3.00. The highest BCUT2D eigenvalue weighted by Crippen LogP contribution is 2.33. The third-order valence-electron chi connectivity index (χ3n) is 6.32. The van der Waals surface area contributed by atoms with Crippen LogP contribution in [0.5, 0.6) is 0 Å². The van der Waals surface area contributed by atoms with E-state index >= 15 is 0 Å². The zero-order valence-electron chi connectivity index (χ0n) is 18.3. The van der Waals surface area contributed by atoms with E-state index in [-0.39, 0.29) is 17.7 Å². The molecule has 1 amide bonds. The van der Waals surface area contributed by atoms with E-state index in [1.807, 2.05) is 24.8 Å². The number of hydrogen-bond donors (Lipinski definition) is 0. The van der Waals surface area contributed by atoms with Gasteiger partial charge in [-0.15, -0.1) is 0 Å². The quantitative estimate of drug-likeness (QED) is 0.381. The molecule has 1 atom stereocenters. The molecule has 1 saturated heterocycles. The summed E-state index contributed by atoms with van der Waals surface area (Å²) in [6.45, 7) is 4.98. The highest BCUT2D eigenvalue weighted by atomic mass is 35.5. The zero-order chi connectivity index (χ0) is 23.3. The molecule has 1 aliphatic rings. The molecule has 1 unspecified atom stereocenters. The molecular weight excluding hydrogens is 450 g/mol. The minimum atomic E-state index is -0.959. The Morgan fingerprint density at radius 1 is 1.12 bits per heavy atom. The summed E-state index contributed by atoms with van der Waals surface area (Å²) in [6.07, 6.45) is 2.94. The van der Waals surface area contributed by atoms with Crippen molar-refractivity contribution in [2.45, 2.75) is 38.6 Å². The van der Waals surface area contributed by atoms with Crippen molar-refractivity contribution in [3.05, 3.63) is 59.2 Å². The van der Waals surface area contributed by atoms with E-state index in [4.69, 9.17) is 16.0 Å². The van der Waals surface area contributed by atoms with Gasteiger partial charge in [0.1, 0.15) is 11.6 Å². The van der Waals surface area contributed by atoms with Gasteiger partial charge in [-0.05, 0) is 37.0 Å². The van der Waals surface area contributed by atoms with E-state index < -0.39 is 17.7 Å². The molecule has 6 nitrogen and oxygen atoms in total. The van der Waals surface area contributed by atoms with Crippen LogP contribution in [0.4, 0.5) is 8.78 Å². The summed E-state index contributed by atoms with van der Waals surface area (Å²) in [7, 11) is 0. The van der Waals surface area contributed by atoms with Crippen molar-refractivity contribution in [2.75, 3.05) is 13.1 Å². The molecule has 0 bridgehead atoms. The van der Waals surface area contributed by atoms with Crippen molar-refractivity contribution in [1.29, 1.82) is 0 Å². The number of piperidine rings is 1. The third kappa shape index (κ3) is 3.97. The van der Waals surface area contributed by atoms with Gasteiger partial charge >= 0.3 is 0 Å². The largest absolute Gasteiger partial charge is 0.440 e. The normalized spacial score (nSPS) is 16.2. The maximum atomic E-state index is 13.9. The summed E-state index contributed by atoms with van der Waals surface area (Å²) < 4.78 is 35.1. The molecule has 2 aromatic carbocycles. The van der Waals surface area contributed by atoms with Crippen LogP contribution in [-0.2, 0) is 4.79 Å². The van der Waals surface area contributed by atoms with Crippen molar-refractivity contribution in [1.82, 2.24) is 19.4 Å². The maximum Gasteiger partial charge on any atom is 0.245 e. The second-order valence-corrected chi connectivity index (χ2v) is 9.30. The van der Waals surface area contributed by atoms with Gasteiger partial charge in [0, 0.05) is 36.2 Å². The van der Waals surface area contributed by atoms with Gasteiger partial charge in [-0.25, -0.2) is 18.7 Å². The molecule has 33 heavy (non-hydrogen) atoms. The highest BCUT2D eigenvalue weighted by Gasteiger charge is 2.33. The number of hydrogen-bond acceptors (Lipinski definition) is 4. The minimum absolute atomic E-state index is 0.0585. The summed E-state index contributed by atoms with van der Waals surface area (Å²) in [5, 5.41) is 0.608. The van der Waals surface area contributed by atoms with Crippen LogP contribution in [0.1, 0.15) is 44.5 Å². The van der Waals surface area contributed by atoms with Gasteiger partial charge in [-0.3, -0.25) is 4.79 Å². The topological polar surface area (TPSA) is 64.2 Å². The first-order valence-corrected chi connectivity index (χ1v) is 11.4. The molecule has 4 aromatic rings. The number of halogens is 3. The van der Waals surface area contributed by atoms with E-state index in [1.54, 1.807) is 16.7 Å². The fourth-order valence-corrected chi connectivity index (χ4v) is 4.76. The van der Waals surface area contributed by atoms with Crippen molar-refractivity contribution in [3.8, 4) is 0 Å². The van der Waals surface area contributed by atoms with Crippen LogP contribution in [0.15, 0.2) is 41.1 Å². The first kappa shape index (κ1) is 21.8. The lowest BCUT2D eigenvalue weighted by molar-refractivity contribution is -0.137. The van der Waals surface area contributed by atoms with E-state index in [0.29, 0.717) is 40.6 Å². The van der Waals surface area contributed by atoms with Crippen LogP contribution in [0.3, 0.4) is 0 Å². The number of oxazole rings is 1. The highest BCUT2D eigenvalue weighted by molar-refractivity contribution is 6.31. The van der Waals surface area contributed by atoms with Crippen LogP contribution >= 0.6 is 11.6 Å². The predicted octanol–water partition coefficient (Wildman–Crippen LogP) is 5.71. The Kier molecular flexibility index (Phi) is 5.56. The second kappa shape index (κ2) is 8.41. The molecule has 0 radical (unpaired) electrons. The van der Waals surface area contributed by atoms with Crippen LogP contribution in [0, 0.1) is 17.6 Å². The molecule has 0 aliphatic carbocycles. The van der Waals surface area contributed by atoms with Crippen LogP contribution in [0.25, 0.3) is 22.1 Å². The van der Waals surface area contributed by atoms with Gasteiger partial charge < -0.3 is 13.9 Å². The molecule has 3 heterocycles. The van der Waals surface area contributed by atoms with Gasteiger partial charge in [-0.2, -0.15) is 0 Å². The third-order valence-corrected chi connectivity index (χ3v) is 6.56. The van der Waals surface area contributed by atoms with Gasteiger partial charge in [0.2, 0.25) is 5.91 Å². The molecule has 9 heteroatoms. The average Bonchev–Trinajstić information content (AvgIpc) is 3.38. The Morgan fingerprint density at radius 2 is 1.85 bits per heavy atom. The van der Waals surface area contributed by atoms with Gasteiger partial charge in [0.25, 0.3) is 0 Å². The lowest BCUT2D eigenvalue weighted by atomic mass is 9.95. The van der Waals surface area contributed by atoms with E-state index in [1.165, 1.54) is 6.33 Å². The summed E-state index contributed by atoms with van der Waals surface area (Å²) in [6, 6.07) is 6.95. The van der Waals surface area contributed by atoms with Crippen molar-refractivity contribution < 1.29 is 18.0 Å². The molecule has 0 spiro atoms. The second-order valence-electron chi connectivity index (χ2n) is 8.86. The number of nitrogens with zero attached hydrogens (tertiary/aromatic N) is 4. The summed E-state index contributed by atoms with van der Waals surface area (Å²) in [5.41, 5.74) is 2.15. The lowest BCUT2D eigenvalue weighted by Crippen LogP contribution is -2.43. The van der Waals surface area contributed by atoms with Gasteiger partial charge in [0.15, 0.2) is 23.1 Å². The Morgan fingerprint density at radius 3 is 2.58 bits per heavy atom. The fraction of sp³-hybridized carbons (Fsp3) is 0.375. The van der Waals surface area contributed by atoms with Crippen molar-refractivity contribution >= 4 is 39.6 Å². The number of fused-ring (bicyclic) bond motifs is 2. The van der Waals surface area contributed by atoms with E-state index in [0.717, 1.165) is 30.5 Å². The molecule has 0 N–H and O–H groups in total. The first-order valence-electron chi connectivity index (χ1n) is 11.0. The Balaban J connectivity index is 1.35. The Bertz CT molecular complexity index is 1340. The number of imidazole rings is 1. The zero-order valence-corrected chi connectivity index (χ0v) is 19.0. The summed E-state index contributed by atoms with van der Waals surface area (Å²) >= 11 is 6.05. The summed E-state index contributed by atoms with van der Waals surface area (Å²) in [4.78, 5) is 24.1. The van der Waals surface area contributed by atoms with Gasteiger partial charge in [-0.1, -0.05) is 25.4 Å². The first-order chi connectivity index (χ1) is 15.8. The van der Waals surface area contributed by atoms with Gasteiger partial charge in [0.05, 0.1) is 17.4 Å². The predicted molar refractivity (Wildman–Crippen MR) is 121 cm³/mol. The standard InChI is InChI=1S/C24H23ClF2N4O2/c1-13(2)22(31-12-28-18-10-16(26)17(27)11-20(18)31)24(32)30-7-5-14(6-8-30)23-29-19-9-15(25)3-4-21(19)33-23/h3-4,9-14,22H,5-8H2,1-2H3. The van der Waals surface area contributed by atoms with Crippen molar-refractivity contribution in [3.63, 3.8) is 0 Å². The van der Waals surface area contributed by atoms with E-state index in [9.17, 15) is 13.6 Å².